The van der Waals surface area contributed by atoms with Crippen molar-refractivity contribution in [3.8, 4) is 0 Å². The average Bonchev–Trinajstić information content (AvgIpc) is 3.05. The van der Waals surface area contributed by atoms with Crippen LogP contribution < -0.4 is 15.5 Å². The van der Waals surface area contributed by atoms with Gasteiger partial charge in [-0.05, 0) is 35.7 Å². The molecule has 146 valence electrons. The van der Waals surface area contributed by atoms with Crippen LogP contribution in [0.25, 0.3) is 0 Å². The molecule has 0 spiro atoms. The number of carbonyl (C=O) groups is 2. The van der Waals surface area contributed by atoms with Gasteiger partial charge in [0.15, 0.2) is 0 Å². The Morgan fingerprint density at radius 2 is 2.04 bits per heavy atom. The van der Waals surface area contributed by atoms with E-state index in [0.29, 0.717) is 31.9 Å². The molecule has 28 heavy (non-hydrogen) atoms. The molecule has 0 saturated carbocycles. The van der Waals surface area contributed by atoms with Crippen molar-refractivity contribution in [2.75, 3.05) is 43.5 Å². The van der Waals surface area contributed by atoms with Gasteiger partial charge in [0.2, 0.25) is 0 Å². The van der Waals surface area contributed by atoms with E-state index in [-0.39, 0.29) is 18.2 Å². The van der Waals surface area contributed by atoms with E-state index in [4.69, 9.17) is 4.74 Å². The van der Waals surface area contributed by atoms with Crippen molar-refractivity contribution in [3.63, 3.8) is 0 Å². The van der Waals surface area contributed by atoms with E-state index in [1.807, 2.05) is 36.4 Å². The van der Waals surface area contributed by atoms with E-state index < -0.39 is 0 Å². The van der Waals surface area contributed by atoms with Crippen LogP contribution in [0.3, 0.4) is 0 Å². The van der Waals surface area contributed by atoms with Gasteiger partial charge in [-0.3, -0.25) is 4.90 Å². The molecule has 2 aliphatic heterocycles. The maximum absolute atomic E-state index is 12.3. The summed E-state index contributed by atoms with van der Waals surface area (Å²) in [4.78, 5) is 27.9. The van der Waals surface area contributed by atoms with Gasteiger partial charge in [0.05, 0.1) is 6.61 Å². The summed E-state index contributed by atoms with van der Waals surface area (Å²) in [7, 11) is 1.78. The predicted octanol–water partition coefficient (Wildman–Crippen LogP) is 2.99. The lowest BCUT2D eigenvalue weighted by molar-refractivity contribution is 0.0444. The number of amides is 4. The smallest absolute Gasteiger partial charge is 0.324 e. The zero-order valence-electron chi connectivity index (χ0n) is 15.9. The molecule has 0 bridgehead atoms. The highest BCUT2D eigenvalue weighted by Crippen LogP contribution is 2.26. The van der Waals surface area contributed by atoms with Gasteiger partial charge in [0.25, 0.3) is 0 Å². The van der Waals surface area contributed by atoms with E-state index in [9.17, 15) is 9.59 Å². The zero-order valence-corrected chi connectivity index (χ0v) is 15.9. The second-order valence-electron chi connectivity index (χ2n) is 7.05. The van der Waals surface area contributed by atoms with Gasteiger partial charge in [-0.25, -0.2) is 9.59 Å². The summed E-state index contributed by atoms with van der Waals surface area (Å²) in [6.07, 6.45) is 0.760. The number of likely N-dealkylation sites (N-methyl/N-ethyl adjacent to an activating group) is 1. The quantitative estimate of drug-likeness (QED) is 0.856. The second kappa shape index (κ2) is 7.90. The third-order valence-corrected chi connectivity index (χ3v) is 5.17. The van der Waals surface area contributed by atoms with Gasteiger partial charge in [-0.2, -0.15) is 0 Å². The molecule has 7 nitrogen and oxygen atoms in total. The van der Waals surface area contributed by atoms with Gasteiger partial charge in [-0.15, -0.1) is 0 Å². The van der Waals surface area contributed by atoms with Gasteiger partial charge in [0.1, 0.15) is 6.10 Å². The molecular formula is C21H24N4O3. The number of hydrogen-bond donors (Lipinski definition) is 2. The van der Waals surface area contributed by atoms with Crippen molar-refractivity contribution in [3.05, 3.63) is 59.7 Å². The van der Waals surface area contributed by atoms with Crippen molar-refractivity contribution in [1.82, 2.24) is 10.2 Å². The monoisotopic (exact) mass is 380 g/mol. The molecule has 4 rings (SSSR count). The van der Waals surface area contributed by atoms with Crippen molar-refractivity contribution in [2.24, 2.45) is 0 Å². The van der Waals surface area contributed by atoms with E-state index in [1.165, 1.54) is 5.56 Å². The van der Waals surface area contributed by atoms with Crippen LogP contribution in [-0.2, 0) is 11.2 Å². The molecule has 1 atom stereocenters. The van der Waals surface area contributed by atoms with Crippen LogP contribution in [0.5, 0.6) is 0 Å². The molecule has 1 saturated heterocycles. The number of fused-ring (bicyclic) bond motifs is 1. The van der Waals surface area contributed by atoms with Crippen LogP contribution in [0.1, 0.15) is 17.2 Å². The van der Waals surface area contributed by atoms with E-state index >= 15 is 0 Å². The first-order valence-corrected chi connectivity index (χ1v) is 9.49. The summed E-state index contributed by atoms with van der Waals surface area (Å²) in [6.45, 7) is 2.40. The maximum atomic E-state index is 12.3. The molecule has 0 aromatic heterocycles. The maximum Gasteiger partial charge on any atom is 0.324 e. The predicted molar refractivity (Wildman–Crippen MR) is 108 cm³/mol. The van der Waals surface area contributed by atoms with E-state index in [2.05, 4.69) is 16.7 Å². The molecule has 1 fully saturated rings. The Bertz CT molecular complexity index is 885. The van der Waals surface area contributed by atoms with Crippen LogP contribution in [0, 0.1) is 0 Å². The number of nitrogens with zero attached hydrogens (tertiary/aromatic N) is 2. The number of urea groups is 2. The molecule has 7 heteroatoms. The molecule has 0 aliphatic carbocycles. The summed E-state index contributed by atoms with van der Waals surface area (Å²) in [6, 6.07) is 15.1. The lowest BCUT2D eigenvalue weighted by atomic mass is 9.98. The molecular weight excluding hydrogens is 356 g/mol. The fraction of sp³-hybridized carbons (Fsp3) is 0.333. The number of benzene rings is 2. The first-order chi connectivity index (χ1) is 13.6. The molecule has 2 aromatic rings. The fourth-order valence-electron chi connectivity index (χ4n) is 3.64. The summed E-state index contributed by atoms with van der Waals surface area (Å²) in [5.41, 5.74) is 3.82. The number of hydrogen-bond acceptors (Lipinski definition) is 3. The zero-order chi connectivity index (χ0) is 19.5. The molecule has 2 N–H and O–H groups in total. The fourth-order valence-corrected chi connectivity index (χ4v) is 3.64. The highest BCUT2D eigenvalue weighted by Gasteiger charge is 2.26. The Kier molecular flexibility index (Phi) is 5.16. The van der Waals surface area contributed by atoms with E-state index in [1.54, 1.807) is 22.9 Å². The van der Waals surface area contributed by atoms with Gasteiger partial charge in [0, 0.05) is 38.1 Å². The van der Waals surface area contributed by atoms with Crippen LogP contribution in [0.15, 0.2) is 48.5 Å². The first kappa shape index (κ1) is 18.3. The normalized spacial score (nSPS) is 18.8. The third kappa shape index (κ3) is 3.80. The number of rotatable bonds is 4. The standard InChI is InChI=1S/C21H24N4O3/c1-24-10-11-25(21(24)27)17-7-4-6-16(13-17)23-20(26)22-14-19-18-8-3-2-5-15(18)9-12-28-19/h2-8,13,19H,9-12,14H2,1H3,(H2,22,23,26)/t19-/m0/s1. The van der Waals surface area contributed by atoms with Crippen molar-refractivity contribution in [1.29, 1.82) is 0 Å². The number of ether oxygens (including phenoxy) is 1. The Morgan fingerprint density at radius 3 is 2.86 bits per heavy atom. The summed E-state index contributed by atoms with van der Waals surface area (Å²) in [5, 5.41) is 5.72. The van der Waals surface area contributed by atoms with Gasteiger partial charge >= 0.3 is 12.1 Å². The Hall–Kier alpha value is -3.06. The Labute approximate surface area is 164 Å². The highest BCUT2D eigenvalue weighted by atomic mass is 16.5. The Balaban J connectivity index is 1.36. The molecule has 2 aromatic carbocycles. The van der Waals surface area contributed by atoms with Crippen LogP contribution in [0.4, 0.5) is 21.0 Å². The third-order valence-electron chi connectivity index (χ3n) is 5.17. The van der Waals surface area contributed by atoms with Crippen LogP contribution in [0.2, 0.25) is 0 Å². The number of nitrogens with one attached hydrogen (secondary N) is 2. The lowest BCUT2D eigenvalue weighted by Gasteiger charge is -2.26. The lowest BCUT2D eigenvalue weighted by Crippen LogP contribution is -2.34. The van der Waals surface area contributed by atoms with Gasteiger partial charge in [-0.1, -0.05) is 30.3 Å². The molecule has 4 amide bonds. The summed E-state index contributed by atoms with van der Waals surface area (Å²) >= 11 is 0. The minimum absolute atomic E-state index is 0.0327. The van der Waals surface area contributed by atoms with Crippen molar-refractivity contribution in [2.45, 2.75) is 12.5 Å². The molecule has 0 radical (unpaired) electrons. The van der Waals surface area contributed by atoms with Crippen LogP contribution >= 0.6 is 0 Å². The minimum Gasteiger partial charge on any atom is -0.371 e. The minimum atomic E-state index is -0.298. The van der Waals surface area contributed by atoms with Crippen LogP contribution in [-0.4, -0.2) is 50.3 Å². The first-order valence-electron chi connectivity index (χ1n) is 9.49. The topological polar surface area (TPSA) is 73.9 Å². The van der Waals surface area contributed by atoms with Crippen molar-refractivity contribution < 1.29 is 14.3 Å². The molecule has 0 unspecified atom stereocenters. The van der Waals surface area contributed by atoms with E-state index in [0.717, 1.165) is 17.7 Å². The largest absolute Gasteiger partial charge is 0.371 e. The second-order valence-corrected chi connectivity index (χ2v) is 7.05. The Morgan fingerprint density at radius 1 is 1.18 bits per heavy atom. The summed E-state index contributed by atoms with van der Waals surface area (Å²) < 4.78 is 5.82. The number of anilines is 2. The SMILES string of the molecule is CN1CCN(c2cccc(NC(=O)NC[C@@H]3OCCc4ccccc43)c2)C1=O. The molecule has 2 aliphatic rings. The number of carbonyl (C=O) groups excluding carboxylic acids is 2. The van der Waals surface area contributed by atoms with Gasteiger partial charge < -0.3 is 20.3 Å². The molecule has 2 heterocycles. The summed E-state index contributed by atoms with van der Waals surface area (Å²) in [5.74, 6) is 0. The average molecular weight is 380 g/mol. The van der Waals surface area contributed by atoms with Crippen molar-refractivity contribution >= 4 is 23.4 Å². The highest BCUT2D eigenvalue weighted by molar-refractivity contribution is 5.95.